The van der Waals surface area contributed by atoms with E-state index in [9.17, 15) is 14.3 Å². The van der Waals surface area contributed by atoms with Gasteiger partial charge in [0.1, 0.15) is 11.6 Å². The fraction of sp³-hybridized carbons (Fsp3) is 0.389. The van der Waals surface area contributed by atoms with Crippen LogP contribution >= 0.6 is 0 Å². The van der Waals surface area contributed by atoms with Crippen LogP contribution in [0.4, 0.5) is 26.6 Å². The van der Waals surface area contributed by atoms with Crippen LogP contribution in [-0.4, -0.2) is 51.0 Å². The minimum atomic E-state index is -1.01. The monoisotopic (exact) mass is 377 g/mol. The summed E-state index contributed by atoms with van der Waals surface area (Å²) in [5.74, 6) is 0.0419. The van der Waals surface area contributed by atoms with Crippen LogP contribution in [0.25, 0.3) is 0 Å². The van der Waals surface area contributed by atoms with Crippen molar-refractivity contribution in [1.29, 1.82) is 0 Å². The minimum absolute atomic E-state index is 0.0580. The molecule has 1 atom stereocenters. The smallest absolute Gasteiger partial charge is 0.327 e. The molecule has 1 aromatic carbocycles. The largest absolute Gasteiger partial charge is 0.395 e. The van der Waals surface area contributed by atoms with Gasteiger partial charge in [-0.05, 0) is 45.0 Å². The molecule has 2 rings (SSSR count). The SMILES string of the molecule is C[C@H](Nc1nccc(N(C(=O)NCCO)c2ccc(F)cc2)n1)C(C)(C)O. The number of aliphatic hydroxyl groups excluding tert-OH is 1. The van der Waals surface area contributed by atoms with Gasteiger partial charge in [-0.25, -0.2) is 19.1 Å². The van der Waals surface area contributed by atoms with Gasteiger partial charge in [0.25, 0.3) is 0 Å². The molecular weight excluding hydrogens is 353 g/mol. The predicted octanol–water partition coefficient (Wildman–Crippen LogP) is 2.03. The fourth-order valence-corrected chi connectivity index (χ4v) is 2.10. The lowest BCUT2D eigenvalue weighted by Gasteiger charge is -2.27. The van der Waals surface area contributed by atoms with Gasteiger partial charge in [-0.1, -0.05) is 0 Å². The van der Waals surface area contributed by atoms with Crippen molar-refractivity contribution in [2.45, 2.75) is 32.4 Å². The average Bonchev–Trinajstić information content (AvgIpc) is 2.61. The predicted molar refractivity (Wildman–Crippen MR) is 100 cm³/mol. The maximum atomic E-state index is 13.3. The van der Waals surface area contributed by atoms with Crippen molar-refractivity contribution in [3.63, 3.8) is 0 Å². The molecule has 1 aromatic heterocycles. The van der Waals surface area contributed by atoms with E-state index >= 15 is 0 Å². The average molecular weight is 377 g/mol. The second-order valence-electron chi connectivity index (χ2n) is 6.53. The normalized spacial score (nSPS) is 12.4. The third kappa shape index (κ3) is 5.60. The van der Waals surface area contributed by atoms with Gasteiger partial charge in [-0.15, -0.1) is 0 Å². The first-order valence-electron chi connectivity index (χ1n) is 8.48. The molecule has 0 aliphatic rings. The van der Waals surface area contributed by atoms with Crippen LogP contribution in [0, 0.1) is 5.82 Å². The molecule has 1 heterocycles. The third-order valence-electron chi connectivity index (χ3n) is 3.95. The van der Waals surface area contributed by atoms with Gasteiger partial charge in [0, 0.05) is 18.8 Å². The van der Waals surface area contributed by atoms with Crippen LogP contribution in [0.15, 0.2) is 36.5 Å². The van der Waals surface area contributed by atoms with Gasteiger partial charge in [0.05, 0.1) is 23.9 Å². The van der Waals surface area contributed by atoms with Gasteiger partial charge < -0.3 is 20.8 Å². The van der Waals surface area contributed by atoms with E-state index < -0.39 is 17.4 Å². The summed E-state index contributed by atoms with van der Waals surface area (Å²) >= 11 is 0. The Morgan fingerprint density at radius 1 is 1.30 bits per heavy atom. The number of aliphatic hydroxyl groups is 2. The molecule has 0 fully saturated rings. The molecular formula is C18H24FN5O3. The molecule has 0 radical (unpaired) electrons. The van der Waals surface area contributed by atoms with Crippen LogP contribution in [0.1, 0.15) is 20.8 Å². The van der Waals surface area contributed by atoms with Crippen LogP contribution < -0.4 is 15.5 Å². The molecule has 2 aromatic rings. The maximum Gasteiger partial charge on any atom is 0.327 e. The van der Waals surface area contributed by atoms with E-state index in [4.69, 9.17) is 5.11 Å². The number of amides is 2. The van der Waals surface area contributed by atoms with E-state index in [1.807, 2.05) is 0 Å². The van der Waals surface area contributed by atoms with E-state index in [-0.39, 0.29) is 31.0 Å². The molecule has 2 amide bonds. The van der Waals surface area contributed by atoms with E-state index in [0.29, 0.717) is 5.69 Å². The highest BCUT2D eigenvalue weighted by Crippen LogP contribution is 2.25. The van der Waals surface area contributed by atoms with Crippen LogP contribution in [0.3, 0.4) is 0 Å². The topological polar surface area (TPSA) is 111 Å². The Balaban J connectivity index is 2.36. The number of benzene rings is 1. The molecule has 0 saturated carbocycles. The summed E-state index contributed by atoms with van der Waals surface area (Å²) in [5.41, 5.74) is -0.610. The highest BCUT2D eigenvalue weighted by molar-refractivity contribution is 5.98. The van der Waals surface area contributed by atoms with Gasteiger partial charge in [-0.3, -0.25) is 0 Å². The quantitative estimate of drug-likeness (QED) is 0.588. The summed E-state index contributed by atoms with van der Waals surface area (Å²) in [5, 5.41) is 24.6. The molecule has 0 spiro atoms. The molecule has 0 saturated heterocycles. The Morgan fingerprint density at radius 3 is 2.56 bits per heavy atom. The number of aromatic nitrogens is 2. The maximum absolute atomic E-state index is 13.3. The summed E-state index contributed by atoms with van der Waals surface area (Å²) in [6, 6.07) is 6.01. The summed E-state index contributed by atoms with van der Waals surface area (Å²) in [6.07, 6.45) is 1.47. The Morgan fingerprint density at radius 2 is 1.96 bits per heavy atom. The Hall–Kier alpha value is -2.78. The van der Waals surface area contributed by atoms with Gasteiger partial charge in [-0.2, -0.15) is 4.98 Å². The van der Waals surface area contributed by atoms with Crippen LogP contribution in [0.5, 0.6) is 0 Å². The lowest BCUT2D eigenvalue weighted by atomic mass is 10.0. The Bertz CT molecular complexity index is 764. The van der Waals surface area contributed by atoms with Crippen molar-refractivity contribution in [2.24, 2.45) is 0 Å². The molecule has 9 heteroatoms. The Kier molecular flexibility index (Phi) is 6.65. The number of nitrogens with one attached hydrogen (secondary N) is 2. The van der Waals surface area contributed by atoms with Crippen molar-refractivity contribution in [3.8, 4) is 0 Å². The van der Waals surface area contributed by atoms with E-state index in [1.54, 1.807) is 20.8 Å². The molecule has 0 unspecified atom stereocenters. The zero-order valence-corrected chi connectivity index (χ0v) is 15.5. The minimum Gasteiger partial charge on any atom is -0.395 e. The molecule has 0 bridgehead atoms. The highest BCUT2D eigenvalue weighted by atomic mass is 19.1. The van der Waals surface area contributed by atoms with E-state index in [2.05, 4.69) is 20.6 Å². The first-order valence-corrected chi connectivity index (χ1v) is 8.48. The first kappa shape index (κ1) is 20.5. The molecule has 8 nitrogen and oxygen atoms in total. The lowest BCUT2D eigenvalue weighted by Crippen LogP contribution is -2.40. The number of hydrogen-bond acceptors (Lipinski definition) is 6. The van der Waals surface area contributed by atoms with Crippen molar-refractivity contribution < 1.29 is 19.4 Å². The number of urea groups is 1. The van der Waals surface area contributed by atoms with Crippen LogP contribution in [-0.2, 0) is 0 Å². The summed E-state index contributed by atoms with van der Waals surface area (Å²) < 4.78 is 13.3. The van der Waals surface area contributed by atoms with Crippen LogP contribution in [0.2, 0.25) is 0 Å². The number of carbonyl (C=O) groups is 1. The van der Waals surface area contributed by atoms with Crippen molar-refractivity contribution in [3.05, 3.63) is 42.3 Å². The fourth-order valence-electron chi connectivity index (χ4n) is 2.10. The molecule has 0 aliphatic heterocycles. The summed E-state index contributed by atoms with van der Waals surface area (Å²) in [6.45, 7) is 4.93. The summed E-state index contributed by atoms with van der Waals surface area (Å²) in [4.78, 5) is 22.3. The number of rotatable bonds is 7. The van der Waals surface area contributed by atoms with E-state index in [0.717, 1.165) is 0 Å². The Labute approximate surface area is 157 Å². The molecule has 27 heavy (non-hydrogen) atoms. The molecule has 0 aliphatic carbocycles. The zero-order chi connectivity index (χ0) is 20.0. The van der Waals surface area contributed by atoms with Gasteiger partial charge in [0.15, 0.2) is 0 Å². The summed E-state index contributed by atoms with van der Waals surface area (Å²) in [7, 11) is 0. The van der Waals surface area contributed by atoms with E-state index in [1.165, 1.54) is 41.4 Å². The second kappa shape index (κ2) is 8.74. The van der Waals surface area contributed by atoms with Crippen molar-refractivity contribution >= 4 is 23.5 Å². The van der Waals surface area contributed by atoms with Crippen molar-refractivity contribution in [1.82, 2.24) is 15.3 Å². The number of nitrogens with zero attached hydrogens (tertiary/aromatic N) is 3. The zero-order valence-electron chi connectivity index (χ0n) is 15.5. The molecule has 146 valence electrons. The first-order chi connectivity index (χ1) is 12.7. The third-order valence-corrected chi connectivity index (χ3v) is 3.95. The molecule has 4 N–H and O–H groups in total. The standard InChI is InChI=1S/C18H24FN5O3/c1-12(18(2,3)27)22-16-20-9-8-15(23-16)24(17(26)21-10-11-25)14-6-4-13(19)5-7-14/h4-9,12,25,27H,10-11H2,1-3H3,(H,21,26)(H,20,22,23)/t12-/m0/s1. The lowest BCUT2D eigenvalue weighted by molar-refractivity contribution is 0.0646. The number of halogens is 1. The number of hydrogen-bond donors (Lipinski definition) is 4. The van der Waals surface area contributed by atoms with Gasteiger partial charge >= 0.3 is 6.03 Å². The van der Waals surface area contributed by atoms with Crippen molar-refractivity contribution in [2.75, 3.05) is 23.4 Å². The van der Waals surface area contributed by atoms with Gasteiger partial charge in [0.2, 0.25) is 5.95 Å². The highest BCUT2D eigenvalue weighted by Gasteiger charge is 2.24. The second-order valence-corrected chi connectivity index (χ2v) is 6.53. The number of anilines is 3. The number of carbonyl (C=O) groups excluding carboxylic acids is 1.